The fraction of sp³-hybridized carbons (Fsp3) is 0.0909. The number of hydrogen-bond acceptors (Lipinski definition) is 3. The van der Waals surface area contributed by atoms with Crippen molar-refractivity contribution in [2.45, 2.75) is 6.54 Å². The quantitative estimate of drug-likeness (QED) is 0.694. The SMILES string of the molecule is Nc1ccc(F)cc1C(=O)NCc1ccn[nH]1. The molecule has 0 fully saturated rings. The zero-order chi connectivity index (χ0) is 12.3. The summed E-state index contributed by atoms with van der Waals surface area (Å²) in [5.41, 5.74) is 6.72. The van der Waals surface area contributed by atoms with Crippen LogP contribution in [-0.2, 0) is 6.54 Å². The van der Waals surface area contributed by atoms with E-state index in [0.29, 0.717) is 0 Å². The van der Waals surface area contributed by atoms with Crippen molar-refractivity contribution < 1.29 is 9.18 Å². The molecule has 5 nitrogen and oxygen atoms in total. The molecule has 4 N–H and O–H groups in total. The van der Waals surface area contributed by atoms with Gasteiger partial charge in [-0.15, -0.1) is 0 Å². The van der Waals surface area contributed by atoms with E-state index in [9.17, 15) is 9.18 Å². The van der Waals surface area contributed by atoms with E-state index in [-0.39, 0.29) is 17.8 Å². The van der Waals surface area contributed by atoms with E-state index in [0.717, 1.165) is 11.8 Å². The number of carbonyl (C=O) groups excluding carboxylic acids is 1. The third-order valence-electron chi connectivity index (χ3n) is 2.26. The maximum atomic E-state index is 13.0. The molecule has 17 heavy (non-hydrogen) atoms. The molecule has 1 aromatic carbocycles. The van der Waals surface area contributed by atoms with Crippen molar-refractivity contribution in [1.82, 2.24) is 15.5 Å². The zero-order valence-electron chi connectivity index (χ0n) is 8.90. The molecule has 2 rings (SSSR count). The van der Waals surface area contributed by atoms with E-state index in [2.05, 4.69) is 15.5 Å². The molecule has 0 saturated heterocycles. The van der Waals surface area contributed by atoms with Gasteiger partial charge >= 0.3 is 0 Å². The third-order valence-corrected chi connectivity index (χ3v) is 2.26. The highest BCUT2D eigenvalue weighted by molar-refractivity contribution is 5.99. The lowest BCUT2D eigenvalue weighted by atomic mass is 10.1. The van der Waals surface area contributed by atoms with Crippen LogP contribution in [-0.4, -0.2) is 16.1 Å². The summed E-state index contributed by atoms with van der Waals surface area (Å²) in [7, 11) is 0. The summed E-state index contributed by atoms with van der Waals surface area (Å²) < 4.78 is 13.0. The standard InChI is InChI=1S/C11H11FN4O/c12-7-1-2-10(13)9(5-7)11(17)14-6-8-3-4-15-16-8/h1-5H,6,13H2,(H,14,17)(H,15,16). The summed E-state index contributed by atoms with van der Waals surface area (Å²) >= 11 is 0. The Morgan fingerprint density at radius 1 is 1.47 bits per heavy atom. The second-order valence-corrected chi connectivity index (χ2v) is 3.50. The number of nitrogens with one attached hydrogen (secondary N) is 2. The number of H-pyrrole nitrogens is 1. The second-order valence-electron chi connectivity index (χ2n) is 3.50. The largest absolute Gasteiger partial charge is 0.398 e. The van der Waals surface area contributed by atoms with Gasteiger partial charge in [0.25, 0.3) is 5.91 Å². The molecule has 0 aliphatic rings. The number of hydrogen-bond donors (Lipinski definition) is 3. The van der Waals surface area contributed by atoms with E-state index >= 15 is 0 Å². The van der Waals surface area contributed by atoms with Crippen LogP contribution in [0, 0.1) is 5.82 Å². The summed E-state index contributed by atoms with van der Waals surface area (Å²) in [6.07, 6.45) is 1.58. The number of nitrogen functional groups attached to an aromatic ring is 1. The molecule has 0 aliphatic heterocycles. The van der Waals surface area contributed by atoms with Gasteiger partial charge < -0.3 is 11.1 Å². The number of aromatic nitrogens is 2. The molecule has 0 saturated carbocycles. The van der Waals surface area contributed by atoms with Crippen LogP contribution in [0.1, 0.15) is 16.1 Å². The number of halogens is 1. The average molecular weight is 234 g/mol. The summed E-state index contributed by atoms with van der Waals surface area (Å²) in [5.74, 6) is -0.914. The van der Waals surface area contributed by atoms with Crippen molar-refractivity contribution in [2.24, 2.45) is 0 Å². The molecule has 88 valence electrons. The summed E-state index contributed by atoms with van der Waals surface area (Å²) in [4.78, 5) is 11.7. The number of aromatic amines is 1. The smallest absolute Gasteiger partial charge is 0.253 e. The van der Waals surface area contributed by atoms with E-state index in [1.54, 1.807) is 12.3 Å². The first kappa shape index (κ1) is 11.1. The van der Waals surface area contributed by atoms with Crippen molar-refractivity contribution in [3.05, 3.63) is 47.5 Å². The van der Waals surface area contributed by atoms with Gasteiger partial charge in [-0.1, -0.05) is 0 Å². The topological polar surface area (TPSA) is 83.8 Å². The summed E-state index contributed by atoms with van der Waals surface area (Å²) in [5, 5.41) is 9.06. The number of amides is 1. The zero-order valence-corrected chi connectivity index (χ0v) is 8.90. The maximum absolute atomic E-state index is 13.0. The van der Waals surface area contributed by atoms with Crippen LogP contribution in [0.15, 0.2) is 30.5 Å². The van der Waals surface area contributed by atoms with Crippen molar-refractivity contribution in [1.29, 1.82) is 0 Å². The van der Waals surface area contributed by atoms with Crippen molar-refractivity contribution >= 4 is 11.6 Å². The molecule has 0 atom stereocenters. The number of rotatable bonds is 3. The number of carbonyl (C=O) groups is 1. The van der Waals surface area contributed by atoms with Gasteiger partial charge in [-0.25, -0.2) is 4.39 Å². The Morgan fingerprint density at radius 3 is 3.00 bits per heavy atom. The van der Waals surface area contributed by atoms with Gasteiger partial charge in [0.1, 0.15) is 5.82 Å². The van der Waals surface area contributed by atoms with Gasteiger partial charge in [0.2, 0.25) is 0 Å². The molecule has 0 bridgehead atoms. The van der Waals surface area contributed by atoms with Crippen molar-refractivity contribution in [2.75, 3.05) is 5.73 Å². The molecule has 2 aromatic rings. The number of nitrogens with two attached hydrogens (primary N) is 1. The first-order valence-electron chi connectivity index (χ1n) is 4.98. The Labute approximate surface area is 96.8 Å². The van der Waals surface area contributed by atoms with Gasteiger partial charge in [0.15, 0.2) is 0 Å². The van der Waals surface area contributed by atoms with Crippen LogP contribution in [0.4, 0.5) is 10.1 Å². The van der Waals surface area contributed by atoms with E-state index in [4.69, 9.17) is 5.73 Å². The predicted octanol–water partition coefficient (Wildman–Crippen LogP) is 1.06. The predicted molar refractivity (Wildman–Crippen MR) is 60.6 cm³/mol. The lowest BCUT2D eigenvalue weighted by molar-refractivity contribution is 0.0951. The summed E-state index contributed by atoms with van der Waals surface area (Å²) in [6, 6.07) is 5.41. The normalized spacial score (nSPS) is 10.2. The van der Waals surface area contributed by atoms with Gasteiger partial charge in [-0.05, 0) is 24.3 Å². The minimum absolute atomic E-state index is 0.129. The Kier molecular flexibility index (Phi) is 3.04. The maximum Gasteiger partial charge on any atom is 0.253 e. The van der Waals surface area contributed by atoms with E-state index < -0.39 is 11.7 Å². The molecular weight excluding hydrogens is 223 g/mol. The highest BCUT2D eigenvalue weighted by atomic mass is 19.1. The molecule has 0 spiro atoms. The Balaban J connectivity index is 2.07. The van der Waals surface area contributed by atoms with Crippen molar-refractivity contribution in [3.8, 4) is 0 Å². The number of benzene rings is 1. The highest BCUT2D eigenvalue weighted by Crippen LogP contribution is 2.13. The van der Waals surface area contributed by atoms with Gasteiger partial charge in [0, 0.05) is 11.9 Å². The minimum atomic E-state index is -0.495. The van der Waals surface area contributed by atoms with Crippen LogP contribution in [0.2, 0.25) is 0 Å². The molecular formula is C11H11FN4O. The molecule has 1 amide bonds. The van der Waals surface area contributed by atoms with Crippen LogP contribution >= 0.6 is 0 Å². The van der Waals surface area contributed by atoms with E-state index in [1.807, 2.05) is 0 Å². The van der Waals surface area contributed by atoms with Gasteiger partial charge in [0.05, 0.1) is 17.8 Å². The third kappa shape index (κ3) is 2.60. The van der Waals surface area contributed by atoms with E-state index in [1.165, 1.54) is 12.1 Å². The Hall–Kier alpha value is -2.37. The lowest BCUT2D eigenvalue weighted by Crippen LogP contribution is -2.24. The molecule has 1 heterocycles. The molecule has 0 radical (unpaired) electrons. The summed E-state index contributed by atoms with van der Waals surface area (Å²) in [6.45, 7) is 0.286. The van der Waals surface area contributed by atoms with Crippen LogP contribution in [0.5, 0.6) is 0 Å². The fourth-order valence-electron chi connectivity index (χ4n) is 1.38. The minimum Gasteiger partial charge on any atom is -0.398 e. The first-order valence-corrected chi connectivity index (χ1v) is 4.98. The number of anilines is 1. The van der Waals surface area contributed by atoms with Gasteiger partial charge in [-0.2, -0.15) is 5.10 Å². The highest BCUT2D eigenvalue weighted by Gasteiger charge is 2.10. The fourth-order valence-corrected chi connectivity index (χ4v) is 1.38. The molecule has 0 unspecified atom stereocenters. The Bertz CT molecular complexity index is 524. The van der Waals surface area contributed by atoms with Crippen LogP contribution < -0.4 is 11.1 Å². The molecule has 1 aromatic heterocycles. The monoisotopic (exact) mass is 234 g/mol. The molecule has 6 heteroatoms. The van der Waals surface area contributed by atoms with Crippen LogP contribution in [0.3, 0.4) is 0 Å². The lowest BCUT2D eigenvalue weighted by Gasteiger charge is -2.06. The second kappa shape index (κ2) is 4.65. The van der Waals surface area contributed by atoms with Gasteiger partial charge in [-0.3, -0.25) is 9.89 Å². The average Bonchev–Trinajstić information content (AvgIpc) is 2.82. The molecule has 0 aliphatic carbocycles. The first-order chi connectivity index (χ1) is 8.16. The van der Waals surface area contributed by atoms with Crippen LogP contribution in [0.25, 0.3) is 0 Å². The number of nitrogens with zero attached hydrogens (tertiary/aromatic N) is 1. The Morgan fingerprint density at radius 2 is 2.29 bits per heavy atom. The van der Waals surface area contributed by atoms with Crippen molar-refractivity contribution in [3.63, 3.8) is 0 Å².